The molecule has 0 saturated carbocycles. The molecule has 0 saturated heterocycles. The molecule has 18 heavy (non-hydrogen) atoms. The van der Waals surface area contributed by atoms with Crippen molar-refractivity contribution in [3.63, 3.8) is 0 Å². The molecule has 2 aromatic rings. The summed E-state index contributed by atoms with van der Waals surface area (Å²) < 4.78 is 1.00. The van der Waals surface area contributed by atoms with Crippen LogP contribution in [0.4, 0.5) is 17.1 Å². The fourth-order valence-electron chi connectivity index (χ4n) is 2.08. The second-order valence-electron chi connectivity index (χ2n) is 4.62. The molecule has 0 radical (unpaired) electrons. The van der Waals surface area contributed by atoms with Gasteiger partial charge in [0.2, 0.25) is 0 Å². The van der Waals surface area contributed by atoms with Crippen molar-refractivity contribution in [3.05, 3.63) is 52.0 Å². The summed E-state index contributed by atoms with van der Waals surface area (Å²) in [6, 6.07) is 12.4. The van der Waals surface area contributed by atoms with Gasteiger partial charge in [0.25, 0.3) is 0 Å². The van der Waals surface area contributed by atoms with Crippen LogP contribution in [0.1, 0.15) is 11.1 Å². The van der Waals surface area contributed by atoms with Gasteiger partial charge in [0.05, 0.1) is 5.69 Å². The Bertz CT molecular complexity index is 558. The van der Waals surface area contributed by atoms with E-state index in [4.69, 9.17) is 5.73 Å². The number of halogens is 1. The van der Waals surface area contributed by atoms with Crippen LogP contribution in [0.5, 0.6) is 0 Å². The van der Waals surface area contributed by atoms with E-state index in [1.165, 1.54) is 16.8 Å². The molecule has 0 fully saturated rings. The van der Waals surface area contributed by atoms with E-state index < -0.39 is 0 Å². The highest BCUT2D eigenvalue weighted by molar-refractivity contribution is 9.10. The fraction of sp³-hybridized carbons (Fsp3) is 0.200. The van der Waals surface area contributed by atoms with Crippen LogP contribution < -0.4 is 10.6 Å². The minimum Gasteiger partial charge on any atom is -0.399 e. The van der Waals surface area contributed by atoms with E-state index >= 15 is 0 Å². The van der Waals surface area contributed by atoms with E-state index in [1.54, 1.807) is 0 Å². The lowest BCUT2D eigenvalue weighted by Crippen LogP contribution is -2.10. The molecule has 3 heteroatoms. The number of hydrogen-bond acceptors (Lipinski definition) is 2. The van der Waals surface area contributed by atoms with E-state index in [0.717, 1.165) is 15.8 Å². The molecule has 94 valence electrons. The summed E-state index contributed by atoms with van der Waals surface area (Å²) in [5, 5.41) is 0. The molecular weight excluding hydrogens is 288 g/mol. The van der Waals surface area contributed by atoms with Crippen molar-refractivity contribution in [1.29, 1.82) is 0 Å². The first-order valence-electron chi connectivity index (χ1n) is 5.84. The maximum Gasteiger partial charge on any atom is 0.0554 e. The van der Waals surface area contributed by atoms with Crippen molar-refractivity contribution in [2.24, 2.45) is 0 Å². The molecule has 0 atom stereocenters. The van der Waals surface area contributed by atoms with Crippen LogP contribution >= 0.6 is 15.9 Å². The van der Waals surface area contributed by atoms with Crippen molar-refractivity contribution in [2.75, 3.05) is 17.7 Å². The van der Waals surface area contributed by atoms with Crippen LogP contribution in [0.15, 0.2) is 40.9 Å². The third-order valence-corrected chi connectivity index (χ3v) is 3.56. The Labute approximate surface area is 117 Å². The summed E-state index contributed by atoms with van der Waals surface area (Å²) in [5.74, 6) is 0. The van der Waals surface area contributed by atoms with Gasteiger partial charge in [0, 0.05) is 22.9 Å². The summed E-state index contributed by atoms with van der Waals surface area (Å²) in [6.45, 7) is 4.23. The van der Waals surface area contributed by atoms with Gasteiger partial charge in [0.1, 0.15) is 0 Å². The van der Waals surface area contributed by atoms with Crippen LogP contribution in [0.3, 0.4) is 0 Å². The second kappa shape index (κ2) is 5.02. The lowest BCUT2D eigenvalue weighted by atomic mass is 10.1. The van der Waals surface area contributed by atoms with Gasteiger partial charge in [-0.3, -0.25) is 0 Å². The number of benzene rings is 2. The molecule has 0 bridgehead atoms. The van der Waals surface area contributed by atoms with Crippen molar-refractivity contribution in [3.8, 4) is 0 Å². The summed E-state index contributed by atoms with van der Waals surface area (Å²) in [6.07, 6.45) is 0. The van der Waals surface area contributed by atoms with Crippen LogP contribution in [0, 0.1) is 13.8 Å². The molecule has 0 aromatic heterocycles. The van der Waals surface area contributed by atoms with Gasteiger partial charge >= 0.3 is 0 Å². The standard InChI is InChI=1S/C15H17BrN2/c1-10-6-11(2)8-13(7-10)18(3)15-5-4-12(17)9-14(15)16/h4-9H,17H2,1-3H3. The van der Waals surface area contributed by atoms with Gasteiger partial charge in [-0.25, -0.2) is 0 Å². The zero-order valence-corrected chi connectivity index (χ0v) is 12.5. The van der Waals surface area contributed by atoms with Gasteiger partial charge < -0.3 is 10.6 Å². The van der Waals surface area contributed by atoms with Crippen LogP contribution in [0.25, 0.3) is 0 Å². The predicted molar refractivity (Wildman–Crippen MR) is 82.5 cm³/mol. The number of rotatable bonds is 2. The van der Waals surface area contributed by atoms with E-state index in [0.29, 0.717) is 0 Å². The molecule has 0 aliphatic carbocycles. The molecule has 0 aliphatic heterocycles. The first kappa shape index (κ1) is 13.0. The van der Waals surface area contributed by atoms with Gasteiger partial charge in [-0.05, 0) is 71.2 Å². The van der Waals surface area contributed by atoms with Crippen molar-refractivity contribution in [1.82, 2.24) is 0 Å². The summed E-state index contributed by atoms with van der Waals surface area (Å²) in [5.41, 5.74) is 11.3. The first-order valence-corrected chi connectivity index (χ1v) is 6.64. The smallest absolute Gasteiger partial charge is 0.0554 e. The Morgan fingerprint density at radius 1 is 1.00 bits per heavy atom. The SMILES string of the molecule is Cc1cc(C)cc(N(C)c2ccc(N)cc2Br)c1. The highest BCUT2D eigenvalue weighted by Gasteiger charge is 2.08. The zero-order chi connectivity index (χ0) is 13.3. The number of nitrogen functional groups attached to an aromatic ring is 1. The topological polar surface area (TPSA) is 29.3 Å². The van der Waals surface area contributed by atoms with Gasteiger partial charge in [-0.1, -0.05) is 6.07 Å². The van der Waals surface area contributed by atoms with Crippen LogP contribution in [-0.4, -0.2) is 7.05 Å². The Hall–Kier alpha value is -1.48. The minimum atomic E-state index is 0.763. The summed E-state index contributed by atoms with van der Waals surface area (Å²) in [7, 11) is 2.06. The minimum absolute atomic E-state index is 0.763. The molecule has 0 aliphatic rings. The van der Waals surface area contributed by atoms with Crippen molar-refractivity contribution in [2.45, 2.75) is 13.8 Å². The van der Waals surface area contributed by atoms with Crippen LogP contribution in [0.2, 0.25) is 0 Å². The van der Waals surface area contributed by atoms with Gasteiger partial charge in [-0.15, -0.1) is 0 Å². The second-order valence-corrected chi connectivity index (χ2v) is 5.47. The highest BCUT2D eigenvalue weighted by atomic mass is 79.9. The number of nitrogens with zero attached hydrogens (tertiary/aromatic N) is 1. The van der Waals surface area contributed by atoms with E-state index in [2.05, 4.69) is 59.9 Å². The number of aryl methyl sites for hydroxylation is 2. The predicted octanol–water partition coefficient (Wildman–Crippen LogP) is 4.42. The number of nitrogens with two attached hydrogens (primary N) is 1. The average molecular weight is 305 g/mol. The molecule has 0 heterocycles. The maximum atomic E-state index is 5.77. The molecule has 2 rings (SSSR count). The molecule has 0 unspecified atom stereocenters. The molecule has 2 aromatic carbocycles. The van der Waals surface area contributed by atoms with Gasteiger partial charge in [-0.2, -0.15) is 0 Å². The lowest BCUT2D eigenvalue weighted by Gasteiger charge is -2.22. The maximum absolute atomic E-state index is 5.77. The molecule has 0 amide bonds. The van der Waals surface area contributed by atoms with Crippen molar-refractivity contribution < 1.29 is 0 Å². The number of hydrogen-bond donors (Lipinski definition) is 1. The lowest BCUT2D eigenvalue weighted by molar-refractivity contribution is 1.18. The normalized spacial score (nSPS) is 10.4. The monoisotopic (exact) mass is 304 g/mol. The van der Waals surface area contributed by atoms with E-state index in [-0.39, 0.29) is 0 Å². The summed E-state index contributed by atoms with van der Waals surface area (Å²) in [4.78, 5) is 2.16. The molecule has 0 spiro atoms. The quantitative estimate of drug-likeness (QED) is 0.832. The highest BCUT2D eigenvalue weighted by Crippen LogP contribution is 2.32. The average Bonchev–Trinajstić information content (AvgIpc) is 2.26. The van der Waals surface area contributed by atoms with E-state index in [1.807, 2.05) is 18.2 Å². The Balaban J connectivity index is 2.44. The Morgan fingerprint density at radius 2 is 1.61 bits per heavy atom. The van der Waals surface area contributed by atoms with Crippen LogP contribution in [-0.2, 0) is 0 Å². The largest absolute Gasteiger partial charge is 0.399 e. The Kier molecular flexibility index (Phi) is 3.62. The summed E-state index contributed by atoms with van der Waals surface area (Å²) >= 11 is 3.56. The van der Waals surface area contributed by atoms with Gasteiger partial charge in [0.15, 0.2) is 0 Å². The Morgan fingerprint density at radius 3 is 2.17 bits per heavy atom. The molecule has 2 nitrogen and oxygen atoms in total. The third-order valence-electron chi connectivity index (χ3n) is 2.93. The van der Waals surface area contributed by atoms with Crippen molar-refractivity contribution >= 4 is 33.0 Å². The molecular formula is C15H17BrN2. The van der Waals surface area contributed by atoms with E-state index in [9.17, 15) is 0 Å². The number of anilines is 3. The first-order chi connectivity index (χ1) is 8.47. The molecule has 2 N–H and O–H groups in total. The third kappa shape index (κ3) is 2.67. The fourth-order valence-corrected chi connectivity index (χ4v) is 2.74. The zero-order valence-electron chi connectivity index (χ0n) is 10.9.